The third kappa shape index (κ3) is 4.54. The van der Waals surface area contributed by atoms with Crippen molar-refractivity contribution in [2.45, 2.75) is 13.8 Å². The van der Waals surface area contributed by atoms with E-state index in [0.717, 1.165) is 16.8 Å². The van der Waals surface area contributed by atoms with Crippen molar-refractivity contribution < 1.29 is 14.3 Å². The fourth-order valence-corrected chi connectivity index (χ4v) is 2.87. The predicted octanol–water partition coefficient (Wildman–Crippen LogP) is 4.48. The highest BCUT2D eigenvalue weighted by Crippen LogP contribution is 2.20. The largest absolute Gasteiger partial charge is 0.465 e. The molecule has 0 atom stereocenters. The first kappa shape index (κ1) is 19.1. The van der Waals surface area contributed by atoms with Crippen LogP contribution < -0.4 is 10.6 Å². The van der Waals surface area contributed by atoms with Crippen LogP contribution in [0.5, 0.6) is 0 Å². The molecule has 28 heavy (non-hydrogen) atoms. The van der Waals surface area contributed by atoms with Crippen LogP contribution in [-0.2, 0) is 4.74 Å². The normalized spacial score (nSPS) is 10.2. The van der Waals surface area contributed by atoms with Crippen molar-refractivity contribution >= 4 is 29.1 Å². The highest BCUT2D eigenvalue weighted by Gasteiger charge is 2.14. The van der Waals surface area contributed by atoms with Gasteiger partial charge in [-0.1, -0.05) is 18.2 Å². The van der Waals surface area contributed by atoms with Gasteiger partial charge < -0.3 is 15.4 Å². The van der Waals surface area contributed by atoms with Crippen molar-refractivity contribution in [3.05, 3.63) is 83.0 Å². The summed E-state index contributed by atoms with van der Waals surface area (Å²) >= 11 is 0. The number of carbonyl (C=O) groups is 2. The van der Waals surface area contributed by atoms with E-state index in [2.05, 4.69) is 21.7 Å². The van der Waals surface area contributed by atoms with Gasteiger partial charge >= 0.3 is 5.97 Å². The van der Waals surface area contributed by atoms with Crippen LogP contribution in [0.1, 0.15) is 31.8 Å². The van der Waals surface area contributed by atoms with Crippen molar-refractivity contribution in [1.82, 2.24) is 4.98 Å². The zero-order chi connectivity index (χ0) is 20.1. The molecule has 6 heteroatoms. The monoisotopic (exact) mass is 375 g/mol. The molecule has 2 N–H and O–H groups in total. The van der Waals surface area contributed by atoms with Crippen LogP contribution >= 0.6 is 0 Å². The molecule has 1 aromatic heterocycles. The Kier molecular flexibility index (Phi) is 5.69. The number of nitrogens with zero attached hydrogens (tertiary/aromatic N) is 1. The third-order valence-corrected chi connectivity index (χ3v) is 4.10. The summed E-state index contributed by atoms with van der Waals surface area (Å²) in [6, 6.07) is 16.2. The highest BCUT2D eigenvalue weighted by molar-refractivity contribution is 6.07. The third-order valence-electron chi connectivity index (χ3n) is 4.10. The molecule has 0 bridgehead atoms. The van der Waals surface area contributed by atoms with Crippen molar-refractivity contribution in [2.24, 2.45) is 0 Å². The number of aromatic nitrogens is 1. The SMILES string of the molecule is COC(=O)c1ccccc1NC(=O)c1ccc(Nc2cc(C)cc(C)c2)nc1. The van der Waals surface area contributed by atoms with Gasteiger partial charge in [-0.25, -0.2) is 9.78 Å². The molecule has 0 aliphatic carbocycles. The lowest BCUT2D eigenvalue weighted by Crippen LogP contribution is -2.15. The number of carbonyl (C=O) groups excluding carboxylic acids is 2. The second kappa shape index (κ2) is 8.35. The molecule has 0 aliphatic heterocycles. The molecule has 3 rings (SSSR count). The Morgan fingerprint density at radius 3 is 2.32 bits per heavy atom. The Hall–Kier alpha value is -3.67. The molecule has 0 saturated heterocycles. The van der Waals surface area contributed by atoms with Gasteiger partial charge in [-0.15, -0.1) is 0 Å². The van der Waals surface area contributed by atoms with E-state index < -0.39 is 5.97 Å². The van der Waals surface area contributed by atoms with Crippen molar-refractivity contribution in [1.29, 1.82) is 0 Å². The van der Waals surface area contributed by atoms with Gasteiger partial charge in [-0.05, 0) is 61.4 Å². The van der Waals surface area contributed by atoms with Crippen LogP contribution in [0, 0.1) is 13.8 Å². The summed E-state index contributed by atoms with van der Waals surface area (Å²) in [7, 11) is 1.30. The van der Waals surface area contributed by atoms with E-state index in [-0.39, 0.29) is 5.91 Å². The number of anilines is 3. The molecule has 1 heterocycles. The lowest BCUT2D eigenvalue weighted by Gasteiger charge is -2.10. The molecule has 0 saturated carbocycles. The van der Waals surface area contributed by atoms with Crippen molar-refractivity contribution in [3.63, 3.8) is 0 Å². The van der Waals surface area contributed by atoms with Gasteiger partial charge in [0.1, 0.15) is 5.82 Å². The average Bonchev–Trinajstić information content (AvgIpc) is 2.67. The number of esters is 1. The molecule has 142 valence electrons. The maximum absolute atomic E-state index is 12.5. The molecular weight excluding hydrogens is 354 g/mol. The zero-order valence-electron chi connectivity index (χ0n) is 15.9. The molecule has 6 nitrogen and oxygen atoms in total. The van der Waals surface area contributed by atoms with Gasteiger partial charge in [0.25, 0.3) is 5.91 Å². The van der Waals surface area contributed by atoms with E-state index in [1.807, 2.05) is 26.0 Å². The average molecular weight is 375 g/mol. The Morgan fingerprint density at radius 2 is 1.68 bits per heavy atom. The van der Waals surface area contributed by atoms with Crippen LogP contribution in [0.4, 0.5) is 17.2 Å². The van der Waals surface area contributed by atoms with Crippen molar-refractivity contribution in [2.75, 3.05) is 17.7 Å². The Morgan fingerprint density at radius 1 is 0.964 bits per heavy atom. The molecule has 0 spiro atoms. The first-order valence-electron chi connectivity index (χ1n) is 8.76. The molecule has 0 fully saturated rings. The Bertz CT molecular complexity index is 994. The number of hydrogen-bond donors (Lipinski definition) is 2. The van der Waals surface area contributed by atoms with E-state index in [4.69, 9.17) is 4.74 Å². The number of nitrogens with one attached hydrogen (secondary N) is 2. The smallest absolute Gasteiger partial charge is 0.339 e. The summed E-state index contributed by atoms with van der Waals surface area (Å²) in [6.07, 6.45) is 1.49. The molecule has 1 amide bonds. The fourth-order valence-electron chi connectivity index (χ4n) is 2.87. The number of benzene rings is 2. The van der Waals surface area contributed by atoms with E-state index >= 15 is 0 Å². The number of rotatable bonds is 5. The van der Waals surface area contributed by atoms with Crippen molar-refractivity contribution in [3.8, 4) is 0 Å². The standard InChI is InChI=1S/C22H21N3O3/c1-14-10-15(2)12-17(11-14)24-20-9-8-16(13-23-20)21(26)25-19-7-5-4-6-18(19)22(27)28-3/h4-13H,1-3H3,(H,23,24)(H,25,26). The van der Waals surface area contributed by atoms with Crippen LogP contribution in [0.25, 0.3) is 0 Å². The minimum absolute atomic E-state index is 0.291. The van der Waals surface area contributed by atoms with E-state index in [1.54, 1.807) is 36.4 Å². The van der Waals surface area contributed by atoms with Crippen LogP contribution in [0.15, 0.2) is 60.8 Å². The maximum Gasteiger partial charge on any atom is 0.339 e. The summed E-state index contributed by atoms with van der Waals surface area (Å²) in [5.74, 6) is -0.236. The summed E-state index contributed by atoms with van der Waals surface area (Å²) in [4.78, 5) is 28.6. The minimum Gasteiger partial charge on any atom is -0.465 e. The van der Waals surface area contributed by atoms with Gasteiger partial charge in [0.15, 0.2) is 0 Å². The fraction of sp³-hybridized carbons (Fsp3) is 0.136. The predicted molar refractivity (Wildman–Crippen MR) is 109 cm³/mol. The number of para-hydroxylation sites is 1. The number of hydrogen-bond acceptors (Lipinski definition) is 5. The number of methoxy groups -OCH3 is 1. The van der Waals surface area contributed by atoms with Crippen LogP contribution in [0.2, 0.25) is 0 Å². The summed E-state index contributed by atoms with van der Waals surface area (Å²) in [6.45, 7) is 4.07. The first-order valence-corrected chi connectivity index (χ1v) is 8.76. The van der Waals surface area contributed by atoms with Gasteiger partial charge in [0, 0.05) is 11.9 Å². The molecular formula is C22H21N3O3. The van der Waals surface area contributed by atoms with E-state index in [0.29, 0.717) is 22.6 Å². The zero-order valence-corrected chi connectivity index (χ0v) is 15.9. The summed E-state index contributed by atoms with van der Waals surface area (Å²) in [5.41, 5.74) is 4.31. The van der Waals surface area contributed by atoms with E-state index in [1.165, 1.54) is 13.3 Å². The molecule has 3 aromatic rings. The molecule has 2 aromatic carbocycles. The molecule has 0 aliphatic rings. The van der Waals surface area contributed by atoms with Gasteiger partial charge in [0.05, 0.1) is 23.9 Å². The number of pyridine rings is 1. The van der Waals surface area contributed by atoms with Gasteiger partial charge in [-0.3, -0.25) is 4.79 Å². The number of amides is 1. The van der Waals surface area contributed by atoms with Gasteiger partial charge in [-0.2, -0.15) is 0 Å². The quantitative estimate of drug-likeness (QED) is 0.643. The Labute approximate surface area is 163 Å². The number of aryl methyl sites for hydroxylation is 2. The molecule has 0 radical (unpaired) electrons. The maximum atomic E-state index is 12.5. The first-order chi connectivity index (χ1) is 13.5. The minimum atomic E-state index is -0.512. The second-order valence-corrected chi connectivity index (χ2v) is 6.42. The lowest BCUT2D eigenvalue weighted by molar-refractivity contribution is 0.0602. The van der Waals surface area contributed by atoms with Crippen LogP contribution in [0.3, 0.4) is 0 Å². The lowest BCUT2D eigenvalue weighted by atomic mass is 10.1. The molecule has 0 unspecified atom stereocenters. The number of ether oxygens (including phenoxy) is 1. The Balaban J connectivity index is 1.73. The van der Waals surface area contributed by atoms with Gasteiger partial charge in [0.2, 0.25) is 0 Å². The topological polar surface area (TPSA) is 80.3 Å². The highest BCUT2D eigenvalue weighted by atomic mass is 16.5. The second-order valence-electron chi connectivity index (χ2n) is 6.42. The summed E-state index contributed by atoms with van der Waals surface area (Å²) in [5, 5.41) is 5.96. The van der Waals surface area contributed by atoms with Crippen LogP contribution in [-0.4, -0.2) is 24.0 Å². The summed E-state index contributed by atoms with van der Waals surface area (Å²) < 4.78 is 4.74. The van der Waals surface area contributed by atoms with E-state index in [9.17, 15) is 9.59 Å².